The largest absolute Gasteiger partial charge is 0.497 e. The van der Waals surface area contributed by atoms with Crippen LogP contribution in [0.3, 0.4) is 0 Å². The van der Waals surface area contributed by atoms with Crippen LogP contribution in [0.15, 0.2) is 70.9 Å². The van der Waals surface area contributed by atoms with Crippen molar-refractivity contribution in [2.45, 2.75) is 0 Å². The summed E-state index contributed by atoms with van der Waals surface area (Å²) in [7, 11) is 2.96. The Kier molecular flexibility index (Phi) is 5.52. The summed E-state index contributed by atoms with van der Waals surface area (Å²) in [5.41, 5.74) is 0.852. The fraction of sp³-hybridized carbons (Fsp3) is 0.136. The standard InChI is InChI=1S/C22H18O6/c1-13(27-3)11-14(7-6-10-26-2)19(23)18-12-17-20(24)15-8-4-5-9-16(15)21(25)22(17)28-18/h4-9,11-12H,1,10H2,2-3H3/b7-6-,14-11+. The Balaban J connectivity index is 2.01. The number of rotatable bonds is 7. The predicted octanol–water partition coefficient (Wildman–Crippen LogP) is 3.53. The molecule has 1 heterocycles. The molecule has 1 aliphatic carbocycles. The van der Waals surface area contributed by atoms with Gasteiger partial charge in [0.1, 0.15) is 5.76 Å². The molecule has 1 aliphatic rings. The SMILES string of the molecule is C=C(/C=C(\C=C/COC)C(=O)c1cc2c(o1)C(=O)c1ccccc1C2=O)OC. The third-order valence-electron chi connectivity index (χ3n) is 4.22. The zero-order chi connectivity index (χ0) is 20.3. The van der Waals surface area contributed by atoms with E-state index in [1.807, 2.05) is 0 Å². The van der Waals surface area contributed by atoms with Gasteiger partial charge in [0.2, 0.25) is 11.6 Å². The molecule has 1 aromatic heterocycles. The maximum absolute atomic E-state index is 12.9. The molecule has 0 N–H and O–H groups in total. The second kappa shape index (κ2) is 8.02. The number of methoxy groups -OCH3 is 2. The molecule has 0 bridgehead atoms. The van der Waals surface area contributed by atoms with Gasteiger partial charge in [0.25, 0.3) is 0 Å². The second-order valence-electron chi connectivity index (χ2n) is 6.01. The van der Waals surface area contributed by atoms with Crippen LogP contribution in [0, 0.1) is 0 Å². The number of furan rings is 1. The Bertz CT molecular complexity index is 983. The molecule has 2 aromatic rings. The molecule has 0 spiro atoms. The lowest BCUT2D eigenvalue weighted by molar-refractivity contribution is 0.0951. The van der Waals surface area contributed by atoms with Gasteiger partial charge in [0.05, 0.1) is 19.3 Å². The first-order valence-electron chi connectivity index (χ1n) is 8.45. The van der Waals surface area contributed by atoms with Crippen LogP contribution in [0.2, 0.25) is 0 Å². The van der Waals surface area contributed by atoms with Gasteiger partial charge in [-0.2, -0.15) is 0 Å². The van der Waals surface area contributed by atoms with Crippen molar-refractivity contribution in [3.05, 3.63) is 94.7 Å². The van der Waals surface area contributed by atoms with Gasteiger partial charge in [-0.1, -0.05) is 43.0 Å². The first-order chi connectivity index (χ1) is 13.5. The number of Topliss-reactive ketones (excluding diaryl/α,β-unsaturated/α-hetero) is 1. The molecule has 0 atom stereocenters. The predicted molar refractivity (Wildman–Crippen MR) is 102 cm³/mol. The molecule has 28 heavy (non-hydrogen) atoms. The topological polar surface area (TPSA) is 82.8 Å². The Morgan fingerprint density at radius 3 is 2.43 bits per heavy atom. The van der Waals surface area contributed by atoms with Crippen molar-refractivity contribution in [2.75, 3.05) is 20.8 Å². The summed E-state index contributed by atoms with van der Waals surface area (Å²) in [6.07, 6.45) is 4.62. The summed E-state index contributed by atoms with van der Waals surface area (Å²) in [5, 5.41) is 0. The molecule has 0 saturated heterocycles. The third kappa shape index (κ3) is 3.50. The van der Waals surface area contributed by atoms with E-state index in [1.54, 1.807) is 30.3 Å². The van der Waals surface area contributed by atoms with Gasteiger partial charge in [-0.3, -0.25) is 14.4 Å². The van der Waals surface area contributed by atoms with Crippen molar-refractivity contribution in [3.63, 3.8) is 0 Å². The first kappa shape index (κ1) is 19.3. The number of fused-ring (bicyclic) bond motifs is 2. The smallest absolute Gasteiger partial charge is 0.229 e. The molecule has 0 amide bonds. The van der Waals surface area contributed by atoms with Gasteiger partial charge >= 0.3 is 0 Å². The molecular weight excluding hydrogens is 360 g/mol. The average molecular weight is 378 g/mol. The van der Waals surface area contributed by atoms with E-state index in [9.17, 15) is 14.4 Å². The number of carbonyl (C=O) groups is 3. The van der Waals surface area contributed by atoms with Crippen LogP contribution >= 0.6 is 0 Å². The summed E-state index contributed by atoms with van der Waals surface area (Å²) in [6, 6.07) is 7.79. The van der Waals surface area contributed by atoms with Crippen LogP contribution in [0.4, 0.5) is 0 Å². The van der Waals surface area contributed by atoms with E-state index in [0.29, 0.717) is 12.2 Å². The van der Waals surface area contributed by atoms with Crippen molar-refractivity contribution < 1.29 is 28.3 Å². The minimum absolute atomic E-state index is 0.0813. The molecule has 142 valence electrons. The molecule has 0 fully saturated rings. The summed E-state index contributed by atoms with van der Waals surface area (Å²) < 4.78 is 15.5. The molecular formula is C22H18O6. The van der Waals surface area contributed by atoms with E-state index in [2.05, 4.69) is 6.58 Å². The van der Waals surface area contributed by atoms with Crippen molar-refractivity contribution >= 4 is 17.3 Å². The molecule has 0 saturated carbocycles. The Morgan fingerprint density at radius 2 is 1.79 bits per heavy atom. The number of benzene rings is 1. The lowest BCUT2D eigenvalue weighted by Gasteiger charge is -2.11. The van der Waals surface area contributed by atoms with Gasteiger partial charge < -0.3 is 13.9 Å². The molecule has 1 aromatic carbocycles. The van der Waals surface area contributed by atoms with Crippen LogP contribution in [-0.4, -0.2) is 38.2 Å². The zero-order valence-corrected chi connectivity index (χ0v) is 15.5. The van der Waals surface area contributed by atoms with Gasteiger partial charge in [-0.05, 0) is 12.1 Å². The van der Waals surface area contributed by atoms with E-state index in [0.717, 1.165) is 0 Å². The van der Waals surface area contributed by atoms with Gasteiger partial charge in [0.15, 0.2) is 17.3 Å². The Hall–Kier alpha value is -3.51. The van der Waals surface area contributed by atoms with E-state index in [4.69, 9.17) is 13.9 Å². The highest BCUT2D eigenvalue weighted by molar-refractivity contribution is 6.28. The highest BCUT2D eigenvalue weighted by Crippen LogP contribution is 2.30. The van der Waals surface area contributed by atoms with Crippen LogP contribution in [0.25, 0.3) is 0 Å². The monoisotopic (exact) mass is 378 g/mol. The second-order valence-corrected chi connectivity index (χ2v) is 6.01. The van der Waals surface area contributed by atoms with Crippen molar-refractivity contribution in [2.24, 2.45) is 0 Å². The third-order valence-corrected chi connectivity index (χ3v) is 4.22. The number of ether oxygens (including phenoxy) is 2. The van der Waals surface area contributed by atoms with E-state index in [1.165, 1.54) is 32.4 Å². The number of ketones is 3. The van der Waals surface area contributed by atoms with Crippen molar-refractivity contribution in [3.8, 4) is 0 Å². The lowest BCUT2D eigenvalue weighted by atomic mass is 9.88. The minimum atomic E-state index is -0.510. The quantitative estimate of drug-likeness (QED) is 0.271. The van der Waals surface area contributed by atoms with E-state index >= 15 is 0 Å². The van der Waals surface area contributed by atoms with Gasteiger partial charge in [-0.25, -0.2) is 0 Å². The van der Waals surface area contributed by atoms with Crippen molar-refractivity contribution in [1.29, 1.82) is 0 Å². The minimum Gasteiger partial charge on any atom is -0.497 e. The van der Waals surface area contributed by atoms with E-state index < -0.39 is 11.6 Å². The molecule has 6 nitrogen and oxygen atoms in total. The zero-order valence-electron chi connectivity index (χ0n) is 15.5. The van der Waals surface area contributed by atoms with Crippen LogP contribution in [0.5, 0.6) is 0 Å². The summed E-state index contributed by atoms with van der Waals surface area (Å²) in [5.74, 6) is -1.26. The normalized spacial score (nSPS) is 13.4. The molecule has 0 unspecified atom stereocenters. The summed E-state index contributed by atoms with van der Waals surface area (Å²) in [6.45, 7) is 3.98. The average Bonchev–Trinajstić information content (AvgIpc) is 3.16. The van der Waals surface area contributed by atoms with Gasteiger partial charge in [0, 0.05) is 23.8 Å². The van der Waals surface area contributed by atoms with Crippen LogP contribution in [0.1, 0.15) is 42.6 Å². The maximum Gasteiger partial charge on any atom is 0.229 e. The number of carbonyl (C=O) groups excluding carboxylic acids is 3. The molecule has 3 rings (SSSR count). The Labute approximate surface area is 161 Å². The van der Waals surface area contributed by atoms with Crippen LogP contribution in [-0.2, 0) is 9.47 Å². The molecule has 0 radical (unpaired) electrons. The number of hydrogen-bond donors (Lipinski definition) is 0. The first-order valence-corrected chi connectivity index (χ1v) is 8.45. The lowest BCUT2D eigenvalue weighted by Crippen LogP contribution is -2.18. The van der Waals surface area contributed by atoms with Crippen LogP contribution < -0.4 is 0 Å². The number of allylic oxidation sites excluding steroid dienone is 3. The van der Waals surface area contributed by atoms with Gasteiger partial charge in [-0.15, -0.1) is 0 Å². The fourth-order valence-electron chi connectivity index (χ4n) is 2.82. The summed E-state index contributed by atoms with van der Waals surface area (Å²) >= 11 is 0. The maximum atomic E-state index is 12.9. The fourth-order valence-corrected chi connectivity index (χ4v) is 2.82. The van der Waals surface area contributed by atoms with E-state index in [-0.39, 0.29) is 39.8 Å². The highest BCUT2D eigenvalue weighted by atomic mass is 16.5. The highest BCUT2D eigenvalue weighted by Gasteiger charge is 2.34. The molecule has 0 aliphatic heterocycles. The number of hydrogen-bond acceptors (Lipinski definition) is 6. The Morgan fingerprint density at radius 1 is 1.11 bits per heavy atom. The summed E-state index contributed by atoms with van der Waals surface area (Å²) in [4.78, 5) is 38.3. The van der Waals surface area contributed by atoms with Crippen molar-refractivity contribution in [1.82, 2.24) is 0 Å². The molecule has 6 heteroatoms.